The van der Waals surface area contributed by atoms with Gasteiger partial charge in [0.1, 0.15) is 0 Å². The summed E-state index contributed by atoms with van der Waals surface area (Å²) in [5.74, 6) is 0.193. The molecule has 0 aliphatic heterocycles. The SMILES string of the molecule is CCO[SiH](OCC)OCC(c1ccccc1)c1ccccc1. The lowest BCUT2D eigenvalue weighted by molar-refractivity contribution is 0.0993. The third kappa shape index (κ3) is 5.07. The van der Waals surface area contributed by atoms with Gasteiger partial charge in [-0.05, 0) is 25.0 Å². The molecule has 0 amide bonds. The Balaban J connectivity index is 2.12. The van der Waals surface area contributed by atoms with E-state index < -0.39 is 9.53 Å². The number of hydrogen-bond donors (Lipinski definition) is 0. The number of benzene rings is 2. The maximum absolute atomic E-state index is 5.99. The summed E-state index contributed by atoms with van der Waals surface area (Å²) in [4.78, 5) is 0. The van der Waals surface area contributed by atoms with Crippen LogP contribution in [-0.4, -0.2) is 29.3 Å². The lowest BCUT2D eigenvalue weighted by atomic mass is 9.92. The highest BCUT2D eigenvalue weighted by Crippen LogP contribution is 2.25. The van der Waals surface area contributed by atoms with Crippen molar-refractivity contribution < 1.29 is 13.3 Å². The molecule has 0 radical (unpaired) electrons. The zero-order valence-electron chi connectivity index (χ0n) is 13.3. The summed E-state index contributed by atoms with van der Waals surface area (Å²) in [6, 6.07) is 20.9. The minimum atomic E-state index is -2.04. The Morgan fingerprint density at radius 3 is 1.59 bits per heavy atom. The van der Waals surface area contributed by atoms with E-state index in [0.29, 0.717) is 19.8 Å². The highest BCUT2D eigenvalue weighted by Gasteiger charge is 2.20. The summed E-state index contributed by atoms with van der Waals surface area (Å²) >= 11 is 0. The van der Waals surface area contributed by atoms with Crippen LogP contribution in [0.1, 0.15) is 30.9 Å². The monoisotopic (exact) mass is 316 g/mol. The van der Waals surface area contributed by atoms with Gasteiger partial charge in [-0.15, -0.1) is 0 Å². The van der Waals surface area contributed by atoms with Gasteiger partial charge in [-0.2, -0.15) is 0 Å². The molecule has 0 fully saturated rings. The predicted octanol–water partition coefficient (Wildman–Crippen LogP) is 3.63. The Labute approximate surface area is 134 Å². The predicted molar refractivity (Wildman–Crippen MR) is 91.1 cm³/mol. The second-order valence-corrected chi connectivity index (χ2v) is 6.48. The zero-order chi connectivity index (χ0) is 15.6. The Morgan fingerprint density at radius 2 is 1.18 bits per heavy atom. The smallest absolute Gasteiger partial charge is 0.376 e. The molecule has 2 rings (SSSR count). The number of hydrogen-bond acceptors (Lipinski definition) is 3. The molecule has 2 aromatic rings. The molecule has 4 heteroatoms. The van der Waals surface area contributed by atoms with Crippen molar-refractivity contribution in [2.24, 2.45) is 0 Å². The van der Waals surface area contributed by atoms with E-state index in [2.05, 4.69) is 48.5 Å². The third-order valence-electron chi connectivity index (χ3n) is 3.41. The summed E-state index contributed by atoms with van der Waals surface area (Å²) in [5.41, 5.74) is 2.49. The molecular formula is C18H24O3Si. The largest absolute Gasteiger partial charge is 0.484 e. The fraction of sp³-hybridized carbons (Fsp3) is 0.333. The molecule has 0 atom stereocenters. The van der Waals surface area contributed by atoms with Crippen molar-refractivity contribution in [2.75, 3.05) is 19.8 Å². The van der Waals surface area contributed by atoms with E-state index in [4.69, 9.17) is 13.3 Å². The molecule has 0 N–H and O–H groups in total. The molecule has 0 aromatic heterocycles. The molecular weight excluding hydrogens is 292 g/mol. The quantitative estimate of drug-likeness (QED) is 0.661. The molecule has 0 unspecified atom stereocenters. The van der Waals surface area contributed by atoms with Gasteiger partial charge in [0.2, 0.25) is 0 Å². The fourth-order valence-electron chi connectivity index (χ4n) is 2.35. The molecule has 2 aromatic carbocycles. The van der Waals surface area contributed by atoms with Gasteiger partial charge in [-0.1, -0.05) is 60.7 Å². The Kier molecular flexibility index (Phi) is 7.32. The van der Waals surface area contributed by atoms with Gasteiger partial charge in [-0.3, -0.25) is 0 Å². The van der Waals surface area contributed by atoms with Crippen LogP contribution < -0.4 is 0 Å². The van der Waals surface area contributed by atoms with Crippen LogP contribution >= 0.6 is 0 Å². The van der Waals surface area contributed by atoms with E-state index in [-0.39, 0.29) is 5.92 Å². The molecule has 118 valence electrons. The van der Waals surface area contributed by atoms with Crippen molar-refractivity contribution in [1.29, 1.82) is 0 Å². The fourth-order valence-corrected chi connectivity index (χ4v) is 3.53. The Bertz CT molecular complexity index is 473. The lowest BCUT2D eigenvalue weighted by Crippen LogP contribution is -2.29. The van der Waals surface area contributed by atoms with E-state index in [9.17, 15) is 0 Å². The van der Waals surface area contributed by atoms with E-state index in [0.717, 1.165) is 0 Å². The first-order chi connectivity index (χ1) is 10.8. The average molecular weight is 316 g/mol. The van der Waals surface area contributed by atoms with Crippen molar-refractivity contribution in [3.63, 3.8) is 0 Å². The second kappa shape index (κ2) is 9.53. The molecule has 0 saturated carbocycles. The minimum absolute atomic E-state index is 0.193. The van der Waals surface area contributed by atoms with E-state index in [1.807, 2.05) is 26.0 Å². The van der Waals surface area contributed by atoms with Crippen molar-refractivity contribution in [3.05, 3.63) is 71.8 Å². The summed E-state index contributed by atoms with van der Waals surface area (Å²) < 4.78 is 17.2. The van der Waals surface area contributed by atoms with Crippen LogP contribution in [0.3, 0.4) is 0 Å². The lowest BCUT2D eigenvalue weighted by Gasteiger charge is -2.21. The van der Waals surface area contributed by atoms with Gasteiger partial charge in [0.15, 0.2) is 0 Å². The third-order valence-corrected chi connectivity index (χ3v) is 5.08. The molecule has 0 heterocycles. The average Bonchev–Trinajstić information content (AvgIpc) is 2.57. The van der Waals surface area contributed by atoms with E-state index in [1.54, 1.807) is 0 Å². The highest BCUT2D eigenvalue weighted by molar-refractivity contribution is 6.36. The summed E-state index contributed by atoms with van der Waals surface area (Å²) in [6.07, 6.45) is 0. The van der Waals surface area contributed by atoms with Gasteiger partial charge in [0.05, 0.1) is 0 Å². The first-order valence-corrected chi connectivity index (χ1v) is 9.21. The molecule has 22 heavy (non-hydrogen) atoms. The van der Waals surface area contributed by atoms with Crippen LogP contribution in [0.15, 0.2) is 60.7 Å². The van der Waals surface area contributed by atoms with Crippen molar-refractivity contribution in [3.8, 4) is 0 Å². The molecule has 0 saturated heterocycles. The molecule has 0 aliphatic rings. The molecule has 0 aliphatic carbocycles. The van der Waals surface area contributed by atoms with Crippen molar-refractivity contribution in [1.82, 2.24) is 0 Å². The summed E-state index contributed by atoms with van der Waals surface area (Å²) in [5, 5.41) is 0. The number of rotatable bonds is 9. The van der Waals surface area contributed by atoms with Gasteiger partial charge < -0.3 is 13.3 Å². The summed E-state index contributed by atoms with van der Waals surface area (Å²) in [7, 11) is -2.04. The van der Waals surface area contributed by atoms with E-state index in [1.165, 1.54) is 11.1 Å². The van der Waals surface area contributed by atoms with Crippen LogP contribution in [0.25, 0.3) is 0 Å². The maximum Gasteiger partial charge on any atom is 0.484 e. The topological polar surface area (TPSA) is 27.7 Å². The van der Waals surface area contributed by atoms with Crippen LogP contribution in [0, 0.1) is 0 Å². The molecule has 0 bridgehead atoms. The summed E-state index contributed by atoms with van der Waals surface area (Å²) in [6.45, 7) is 5.75. The maximum atomic E-state index is 5.99. The highest BCUT2D eigenvalue weighted by atomic mass is 28.3. The first-order valence-electron chi connectivity index (χ1n) is 7.79. The first kappa shape index (κ1) is 16.9. The van der Waals surface area contributed by atoms with E-state index >= 15 is 0 Å². The van der Waals surface area contributed by atoms with Crippen LogP contribution in [0.2, 0.25) is 0 Å². The Morgan fingerprint density at radius 1 is 0.727 bits per heavy atom. The van der Waals surface area contributed by atoms with Gasteiger partial charge in [0, 0.05) is 25.7 Å². The van der Waals surface area contributed by atoms with Crippen LogP contribution in [0.4, 0.5) is 0 Å². The second-order valence-electron chi connectivity index (χ2n) is 4.91. The Hall–Kier alpha value is -1.46. The van der Waals surface area contributed by atoms with Crippen molar-refractivity contribution in [2.45, 2.75) is 19.8 Å². The zero-order valence-corrected chi connectivity index (χ0v) is 14.4. The standard InChI is InChI=1S/C18H24O3Si/c1-3-19-22(20-4-2)21-15-18(16-11-7-5-8-12-16)17-13-9-6-10-14-17/h5-14,18,22H,3-4,15H2,1-2H3. The van der Waals surface area contributed by atoms with Gasteiger partial charge in [0.25, 0.3) is 0 Å². The molecule has 0 spiro atoms. The van der Waals surface area contributed by atoms with Crippen molar-refractivity contribution >= 4 is 9.53 Å². The van der Waals surface area contributed by atoms with Gasteiger partial charge in [-0.25, -0.2) is 0 Å². The van der Waals surface area contributed by atoms with Crippen LogP contribution in [-0.2, 0) is 13.3 Å². The molecule has 3 nitrogen and oxygen atoms in total. The van der Waals surface area contributed by atoms with Gasteiger partial charge >= 0.3 is 9.53 Å². The minimum Gasteiger partial charge on any atom is -0.376 e. The normalized spacial score (nSPS) is 11.3. The van der Waals surface area contributed by atoms with Crippen LogP contribution in [0.5, 0.6) is 0 Å².